The Morgan fingerprint density at radius 2 is 1.81 bits per heavy atom. The Morgan fingerprint density at radius 3 is 2.38 bits per heavy atom. The van der Waals surface area contributed by atoms with Gasteiger partial charge in [0.2, 0.25) is 10.0 Å². The molecule has 9 heteroatoms. The molecule has 1 amide bonds. The summed E-state index contributed by atoms with van der Waals surface area (Å²) in [6, 6.07) is 9.36. The van der Waals surface area contributed by atoms with Crippen molar-refractivity contribution < 1.29 is 26.7 Å². The van der Waals surface area contributed by atoms with Crippen molar-refractivity contribution in [3.63, 3.8) is 0 Å². The minimum atomic E-state index is -3.27. The molecule has 140 valence electrons. The summed E-state index contributed by atoms with van der Waals surface area (Å²) in [5.74, 6) is -1.82. The molecule has 0 heterocycles. The molecule has 0 fully saturated rings. The third-order valence-corrected chi connectivity index (χ3v) is 4.73. The van der Waals surface area contributed by atoms with Gasteiger partial charge in [-0.05, 0) is 29.8 Å². The van der Waals surface area contributed by atoms with Gasteiger partial charge in [-0.2, -0.15) is 0 Å². The second-order valence-corrected chi connectivity index (χ2v) is 7.71. The summed E-state index contributed by atoms with van der Waals surface area (Å²) < 4.78 is 55.5. The van der Waals surface area contributed by atoms with Gasteiger partial charge in [-0.1, -0.05) is 12.1 Å². The number of carbonyl (C=O) groups excluding carboxylic acids is 1. The van der Waals surface area contributed by atoms with Gasteiger partial charge in [0.05, 0.1) is 11.9 Å². The van der Waals surface area contributed by atoms with Crippen LogP contribution in [0.15, 0.2) is 42.5 Å². The molecule has 0 saturated carbocycles. The molecule has 0 aromatic heterocycles. The van der Waals surface area contributed by atoms with Crippen LogP contribution in [0.5, 0.6) is 5.75 Å². The van der Waals surface area contributed by atoms with Crippen LogP contribution in [0.1, 0.15) is 5.56 Å². The maximum absolute atomic E-state index is 13.5. The number of ether oxygens (including phenoxy) is 1. The lowest BCUT2D eigenvalue weighted by Crippen LogP contribution is -2.24. The molecule has 0 aliphatic heterocycles. The Morgan fingerprint density at radius 1 is 1.15 bits per heavy atom. The molecule has 0 saturated heterocycles. The Bertz CT molecular complexity index is 886. The van der Waals surface area contributed by atoms with Crippen LogP contribution in [0.4, 0.5) is 14.5 Å². The molecule has 0 bridgehead atoms. The lowest BCUT2D eigenvalue weighted by atomic mass is 10.2. The Hall–Kier alpha value is -2.52. The molecule has 0 radical (unpaired) electrons. The van der Waals surface area contributed by atoms with Crippen LogP contribution >= 0.6 is 0 Å². The molecule has 2 aromatic rings. The molecule has 0 spiro atoms. The van der Waals surface area contributed by atoms with E-state index >= 15 is 0 Å². The van der Waals surface area contributed by atoms with Gasteiger partial charge < -0.3 is 10.1 Å². The van der Waals surface area contributed by atoms with E-state index in [1.54, 1.807) is 24.3 Å². The zero-order chi connectivity index (χ0) is 19.3. The highest BCUT2D eigenvalue weighted by molar-refractivity contribution is 7.88. The average Bonchev–Trinajstić information content (AvgIpc) is 2.56. The first-order chi connectivity index (χ1) is 12.1. The van der Waals surface area contributed by atoms with Gasteiger partial charge in [0.1, 0.15) is 17.4 Å². The minimum Gasteiger partial charge on any atom is -0.484 e. The van der Waals surface area contributed by atoms with E-state index in [4.69, 9.17) is 4.74 Å². The molecule has 6 nitrogen and oxygen atoms in total. The number of hydrogen-bond donors (Lipinski definition) is 1. The first kappa shape index (κ1) is 19.8. The SMILES string of the molecule is CN(Cc1ccc(OCC(=O)Nc2ccc(F)cc2F)cc1)S(C)(=O)=O. The molecule has 0 atom stereocenters. The van der Waals surface area contributed by atoms with Crippen molar-refractivity contribution >= 4 is 21.6 Å². The topological polar surface area (TPSA) is 75.7 Å². The zero-order valence-corrected chi connectivity index (χ0v) is 15.0. The minimum absolute atomic E-state index is 0.140. The molecule has 0 aliphatic carbocycles. The normalized spacial score (nSPS) is 11.4. The number of hydrogen-bond acceptors (Lipinski definition) is 4. The fraction of sp³-hybridized carbons (Fsp3) is 0.235. The van der Waals surface area contributed by atoms with E-state index in [0.29, 0.717) is 11.8 Å². The number of nitrogens with zero attached hydrogens (tertiary/aromatic N) is 1. The first-order valence-electron chi connectivity index (χ1n) is 7.53. The van der Waals surface area contributed by atoms with Crippen molar-refractivity contribution in [1.82, 2.24) is 4.31 Å². The van der Waals surface area contributed by atoms with Crippen LogP contribution in [0.2, 0.25) is 0 Å². The van der Waals surface area contributed by atoms with Crippen LogP contribution < -0.4 is 10.1 Å². The third kappa shape index (κ3) is 5.78. The number of anilines is 1. The molecule has 2 rings (SSSR count). The summed E-state index contributed by atoms with van der Waals surface area (Å²) in [5, 5.41) is 2.28. The number of halogens is 2. The summed E-state index contributed by atoms with van der Waals surface area (Å²) in [5.41, 5.74) is 0.613. The Balaban J connectivity index is 1.88. The molecule has 26 heavy (non-hydrogen) atoms. The van der Waals surface area contributed by atoms with E-state index < -0.39 is 27.6 Å². The predicted molar refractivity (Wildman–Crippen MR) is 93.2 cm³/mol. The summed E-state index contributed by atoms with van der Waals surface area (Å²) in [4.78, 5) is 11.8. The summed E-state index contributed by atoms with van der Waals surface area (Å²) in [6.45, 7) is -0.150. The van der Waals surface area contributed by atoms with Gasteiger partial charge in [0.25, 0.3) is 5.91 Å². The average molecular weight is 384 g/mol. The fourth-order valence-electron chi connectivity index (χ4n) is 1.99. The molecule has 2 aromatic carbocycles. The number of sulfonamides is 1. The highest BCUT2D eigenvalue weighted by atomic mass is 32.2. The van der Waals surface area contributed by atoms with E-state index in [1.165, 1.54) is 11.4 Å². The number of benzene rings is 2. The van der Waals surface area contributed by atoms with Gasteiger partial charge in [-0.25, -0.2) is 21.5 Å². The molecule has 0 aliphatic rings. The van der Waals surface area contributed by atoms with Gasteiger partial charge >= 0.3 is 0 Å². The van der Waals surface area contributed by atoms with E-state index in [1.807, 2.05) is 0 Å². The van der Waals surface area contributed by atoms with Crippen LogP contribution in [-0.2, 0) is 21.4 Å². The summed E-state index contributed by atoms with van der Waals surface area (Å²) >= 11 is 0. The number of amides is 1. The van der Waals surface area contributed by atoms with E-state index in [2.05, 4.69) is 5.32 Å². The van der Waals surface area contributed by atoms with Crippen molar-refractivity contribution in [2.24, 2.45) is 0 Å². The maximum Gasteiger partial charge on any atom is 0.262 e. The van der Waals surface area contributed by atoms with Crippen molar-refractivity contribution in [3.8, 4) is 5.75 Å². The Kier molecular flexibility index (Phi) is 6.27. The molecule has 0 unspecified atom stereocenters. The molecular weight excluding hydrogens is 366 g/mol. The van der Waals surface area contributed by atoms with Crippen LogP contribution in [0.3, 0.4) is 0 Å². The van der Waals surface area contributed by atoms with Crippen molar-refractivity contribution in [2.75, 3.05) is 25.2 Å². The largest absolute Gasteiger partial charge is 0.484 e. The lowest BCUT2D eigenvalue weighted by molar-refractivity contribution is -0.118. The number of rotatable bonds is 7. The van der Waals surface area contributed by atoms with E-state index in [-0.39, 0.29) is 18.8 Å². The van der Waals surface area contributed by atoms with Crippen LogP contribution in [-0.4, -0.2) is 38.5 Å². The van der Waals surface area contributed by atoms with Crippen molar-refractivity contribution in [2.45, 2.75) is 6.54 Å². The number of nitrogens with one attached hydrogen (secondary N) is 1. The van der Waals surface area contributed by atoms with Gasteiger partial charge in [0.15, 0.2) is 6.61 Å². The number of carbonyl (C=O) groups is 1. The third-order valence-electron chi connectivity index (χ3n) is 3.47. The summed E-state index contributed by atoms with van der Waals surface area (Å²) in [6.07, 6.45) is 1.12. The van der Waals surface area contributed by atoms with Gasteiger partial charge in [0, 0.05) is 19.7 Å². The van der Waals surface area contributed by atoms with E-state index in [0.717, 1.165) is 24.0 Å². The predicted octanol–water partition coefficient (Wildman–Crippen LogP) is 2.37. The second kappa shape index (κ2) is 8.24. The standard InChI is InChI=1S/C17H18F2N2O4S/c1-21(26(2,23)24)10-12-3-6-14(7-4-12)25-11-17(22)20-16-8-5-13(18)9-15(16)19/h3-9H,10-11H2,1-2H3,(H,20,22). The van der Waals surface area contributed by atoms with Crippen molar-refractivity contribution in [1.29, 1.82) is 0 Å². The van der Waals surface area contributed by atoms with Crippen LogP contribution in [0.25, 0.3) is 0 Å². The van der Waals surface area contributed by atoms with Crippen LogP contribution in [0, 0.1) is 11.6 Å². The smallest absolute Gasteiger partial charge is 0.262 e. The van der Waals surface area contributed by atoms with Gasteiger partial charge in [-0.15, -0.1) is 0 Å². The second-order valence-electron chi connectivity index (χ2n) is 5.62. The maximum atomic E-state index is 13.5. The monoisotopic (exact) mass is 384 g/mol. The first-order valence-corrected chi connectivity index (χ1v) is 9.38. The zero-order valence-electron chi connectivity index (χ0n) is 14.2. The highest BCUT2D eigenvalue weighted by Gasteiger charge is 2.12. The highest BCUT2D eigenvalue weighted by Crippen LogP contribution is 2.16. The van der Waals surface area contributed by atoms with Crippen molar-refractivity contribution in [3.05, 3.63) is 59.7 Å². The summed E-state index contributed by atoms with van der Waals surface area (Å²) in [7, 11) is -1.80. The van der Waals surface area contributed by atoms with E-state index in [9.17, 15) is 22.0 Å². The van der Waals surface area contributed by atoms with Gasteiger partial charge in [-0.3, -0.25) is 4.79 Å². The Labute approximate surface area is 150 Å². The lowest BCUT2D eigenvalue weighted by Gasteiger charge is -2.14. The fourth-order valence-corrected chi connectivity index (χ4v) is 2.38. The molecular formula is C17H18F2N2O4S. The molecule has 1 N–H and O–H groups in total. The quantitative estimate of drug-likeness (QED) is 0.795.